The highest BCUT2D eigenvalue weighted by molar-refractivity contribution is 5.98. The van der Waals surface area contributed by atoms with Gasteiger partial charge in [0.1, 0.15) is 5.60 Å². The fraction of sp³-hybridized carbons (Fsp3) is 0.692. The quantitative estimate of drug-likeness (QED) is 0.682. The lowest BCUT2D eigenvalue weighted by atomic mass is 9.93. The van der Waals surface area contributed by atoms with Crippen LogP contribution in [-0.2, 0) is 9.53 Å². The summed E-state index contributed by atoms with van der Waals surface area (Å²) >= 11 is 0. The molecule has 0 aromatic heterocycles. The average molecular weight is 457 g/mol. The predicted molar refractivity (Wildman–Crippen MR) is 132 cm³/mol. The molecular formula is C26H40N4O3. The highest BCUT2D eigenvalue weighted by atomic mass is 16.6. The van der Waals surface area contributed by atoms with Gasteiger partial charge in [0.25, 0.3) is 0 Å². The standard InChI is InChI=1S/C26H40N4O3/c1-26(2,3)33-25(32)28-17-15-27(16-18-28)14-13-24(31)30-20-19-29(21-9-5-4-6-10-21)22-11-7-8-12-23(22)30/h7-8,11-12,21H,4-6,9-10,13-20H2,1-3H3. The van der Waals surface area contributed by atoms with Crippen molar-refractivity contribution in [3.8, 4) is 0 Å². The molecule has 7 heteroatoms. The van der Waals surface area contributed by atoms with Gasteiger partial charge in [-0.2, -0.15) is 0 Å². The van der Waals surface area contributed by atoms with Crippen molar-refractivity contribution in [1.82, 2.24) is 9.80 Å². The zero-order chi connectivity index (χ0) is 23.4. The van der Waals surface area contributed by atoms with Crippen LogP contribution >= 0.6 is 0 Å². The van der Waals surface area contributed by atoms with Crippen LogP contribution in [0.15, 0.2) is 24.3 Å². The number of hydrogen-bond acceptors (Lipinski definition) is 5. The Labute approximate surface area is 198 Å². The molecule has 0 spiro atoms. The van der Waals surface area contributed by atoms with Crippen molar-refractivity contribution in [2.45, 2.75) is 70.9 Å². The molecule has 1 saturated heterocycles. The van der Waals surface area contributed by atoms with E-state index < -0.39 is 5.60 Å². The number of hydrogen-bond donors (Lipinski definition) is 0. The molecule has 1 aliphatic carbocycles. The molecule has 2 fully saturated rings. The maximum absolute atomic E-state index is 13.2. The summed E-state index contributed by atoms with van der Waals surface area (Å²) in [6.07, 6.45) is 6.76. The van der Waals surface area contributed by atoms with E-state index in [0.717, 1.165) is 38.4 Å². The second-order valence-corrected chi connectivity index (χ2v) is 10.6. The Kier molecular flexibility index (Phi) is 7.47. The second-order valence-electron chi connectivity index (χ2n) is 10.6. The van der Waals surface area contributed by atoms with Gasteiger partial charge in [-0.3, -0.25) is 9.69 Å². The van der Waals surface area contributed by atoms with E-state index in [4.69, 9.17) is 4.74 Å². The normalized spacial score (nSPS) is 20.5. The van der Waals surface area contributed by atoms with E-state index in [0.29, 0.717) is 25.6 Å². The van der Waals surface area contributed by atoms with Crippen LogP contribution in [0.1, 0.15) is 59.3 Å². The van der Waals surface area contributed by atoms with Crippen LogP contribution in [0.2, 0.25) is 0 Å². The molecule has 0 bridgehead atoms. The van der Waals surface area contributed by atoms with E-state index >= 15 is 0 Å². The topological polar surface area (TPSA) is 56.3 Å². The number of para-hydroxylation sites is 2. The summed E-state index contributed by atoms with van der Waals surface area (Å²) in [5.41, 5.74) is 1.81. The summed E-state index contributed by atoms with van der Waals surface area (Å²) in [4.78, 5) is 34.1. The molecule has 0 radical (unpaired) electrons. The third kappa shape index (κ3) is 5.99. The number of carbonyl (C=O) groups excluding carboxylic acids is 2. The number of fused-ring (bicyclic) bond motifs is 1. The van der Waals surface area contributed by atoms with Gasteiger partial charge < -0.3 is 19.4 Å². The van der Waals surface area contributed by atoms with Gasteiger partial charge in [0, 0.05) is 58.3 Å². The van der Waals surface area contributed by atoms with Crippen LogP contribution in [0.5, 0.6) is 0 Å². The van der Waals surface area contributed by atoms with Gasteiger partial charge in [0.05, 0.1) is 11.4 Å². The van der Waals surface area contributed by atoms with E-state index in [1.807, 2.05) is 31.7 Å². The van der Waals surface area contributed by atoms with Crippen molar-refractivity contribution in [2.24, 2.45) is 0 Å². The van der Waals surface area contributed by atoms with Gasteiger partial charge in [-0.25, -0.2) is 4.79 Å². The molecule has 1 aromatic carbocycles. The molecule has 0 atom stereocenters. The van der Waals surface area contributed by atoms with E-state index in [-0.39, 0.29) is 12.0 Å². The summed E-state index contributed by atoms with van der Waals surface area (Å²) < 4.78 is 5.48. The van der Waals surface area contributed by atoms with Crippen molar-refractivity contribution in [3.63, 3.8) is 0 Å². The SMILES string of the molecule is CC(C)(C)OC(=O)N1CCN(CCC(=O)N2CCN(C3CCCCC3)c3ccccc32)CC1. The monoisotopic (exact) mass is 456 g/mol. The summed E-state index contributed by atoms with van der Waals surface area (Å²) in [6.45, 7) is 10.9. The maximum Gasteiger partial charge on any atom is 0.410 e. The lowest BCUT2D eigenvalue weighted by Crippen LogP contribution is -2.51. The first kappa shape index (κ1) is 23.9. The minimum atomic E-state index is -0.474. The number of ether oxygens (including phenoxy) is 1. The summed E-state index contributed by atoms with van der Waals surface area (Å²) in [5.74, 6) is 0.195. The first-order valence-electron chi connectivity index (χ1n) is 12.7. The van der Waals surface area contributed by atoms with E-state index in [9.17, 15) is 9.59 Å². The van der Waals surface area contributed by atoms with E-state index in [2.05, 4.69) is 28.0 Å². The molecule has 2 amide bonds. The molecule has 4 rings (SSSR count). The van der Waals surface area contributed by atoms with Crippen LogP contribution in [0.4, 0.5) is 16.2 Å². The summed E-state index contributed by atoms with van der Waals surface area (Å²) in [6, 6.07) is 9.02. The molecule has 7 nitrogen and oxygen atoms in total. The molecule has 1 aromatic rings. The third-order valence-electron chi connectivity index (χ3n) is 7.03. The molecule has 2 heterocycles. The van der Waals surface area contributed by atoms with Gasteiger partial charge in [0.2, 0.25) is 5.91 Å². The number of rotatable bonds is 4. The minimum Gasteiger partial charge on any atom is -0.444 e. The van der Waals surface area contributed by atoms with Gasteiger partial charge in [-0.1, -0.05) is 31.4 Å². The smallest absolute Gasteiger partial charge is 0.410 e. The molecule has 33 heavy (non-hydrogen) atoms. The summed E-state index contributed by atoms with van der Waals surface area (Å²) in [5, 5.41) is 0. The van der Waals surface area contributed by atoms with Crippen molar-refractivity contribution in [3.05, 3.63) is 24.3 Å². The van der Waals surface area contributed by atoms with Gasteiger partial charge in [-0.05, 0) is 45.7 Å². The van der Waals surface area contributed by atoms with Gasteiger partial charge in [-0.15, -0.1) is 0 Å². The Morgan fingerprint density at radius 3 is 2.24 bits per heavy atom. The van der Waals surface area contributed by atoms with Gasteiger partial charge >= 0.3 is 6.09 Å². The lowest BCUT2D eigenvalue weighted by molar-refractivity contribution is -0.119. The molecular weight excluding hydrogens is 416 g/mol. The maximum atomic E-state index is 13.2. The minimum absolute atomic E-state index is 0.195. The fourth-order valence-corrected chi connectivity index (χ4v) is 5.28. The Morgan fingerprint density at radius 1 is 0.909 bits per heavy atom. The number of piperazine rings is 1. The zero-order valence-corrected chi connectivity index (χ0v) is 20.6. The average Bonchev–Trinajstić information content (AvgIpc) is 2.81. The van der Waals surface area contributed by atoms with E-state index in [1.54, 1.807) is 4.90 Å². The van der Waals surface area contributed by atoms with Crippen LogP contribution in [0, 0.1) is 0 Å². The number of benzene rings is 1. The predicted octanol–water partition coefficient (Wildman–Crippen LogP) is 4.12. The lowest BCUT2D eigenvalue weighted by Gasteiger charge is -2.43. The van der Waals surface area contributed by atoms with Crippen molar-refractivity contribution in [1.29, 1.82) is 0 Å². The Hall–Kier alpha value is -2.28. The molecule has 0 N–H and O–H groups in total. The van der Waals surface area contributed by atoms with Crippen LogP contribution in [0.25, 0.3) is 0 Å². The first-order valence-corrected chi connectivity index (χ1v) is 12.7. The number of nitrogens with zero attached hydrogens (tertiary/aromatic N) is 4. The van der Waals surface area contributed by atoms with Crippen LogP contribution in [-0.4, -0.2) is 79.3 Å². The van der Waals surface area contributed by atoms with Crippen molar-refractivity contribution >= 4 is 23.4 Å². The molecule has 2 aliphatic heterocycles. The zero-order valence-electron chi connectivity index (χ0n) is 20.6. The fourth-order valence-electron chi connectivity index (χ4n) is 5.28. The third-order valence-corrected chi connectivity index (χ3v) is 7.03. The van der Waals surface area contributed by atoms with Gasteiger partial charge in [0.15, 0.2) is 0 Å². The van der Waals surface area contributed by atoms with Crippen molar-refractivity contribution < 1.29 is 14.3 Å². The molecule has 1 saturated carbocycles. The number of carbonyl (C=O) groups is 2. The highest BCUT2D eigenvalue weighted by Gasteiger charge is 2.31. The first-order chi connectivity index (χ1) is 15.8. The van der Waals surface area contributed by atoms with Crippen LogP contribution < -0.4 is 9.80 Å². The second kappa shape index (κ2) is 10.3. The Morgan fingerprint density at radius 2 is 1.58 bits per heavy atom. The number of anilines is 2. The molecule has 3 aliphatic rings. The highest BCUT2D eigenvalue weighted by Crippen LogP contribution is 2.37. The Bertz CT molecular complexity index is 823. The van der Waals surface area contributed by atoms with E-state index in [1.165, 1.54) is 37.8 Å². The molecule has 182 valence electrons. The summed E-state index contributed by atoms with van der Waals surface area (Å²) in [7, 11) is 0. The Balaban J connectivity index is 1.30. The largest absolute Gasteiger partial charge is 0.444 e. The number of amides is 2. The molecule has 0 unspecified atom stereocenters. The van der Waals surface area contributed by atoms with Crippen molar-refractivity contribution in [2.75, 3.05) is 55.6 Å². The van der Waals surface area contributed by atoms with Crippen LogP contribution in [0.3, 0.4) is 0 Å².